The lowest BCUT2D eigenvalue weighted by atomic mass is 10.1. The second kappa shape index (κ2) is 6.56. The molecule has 3 rings (SSSR count). The maximum atomic E-state index is 10.2. The predicted octanol–water partition coefficient (Wildman–Crippen LogP) is 2.65. The molecule has 1 N–H and O–H groups in total. The van der Waals surface area contributed by atoms with Crippen molar-refractivity contribution in [2.75, 3.05) is 32.7 Å². The molecule has 0 aromatic heterocycles. The molecule has 2 fully saturated rings. The molecule has 1 saturated heterocycles. The van der Waals surface area contributed by atoms with E-state index in [2.05, 4.69) is 25.7 Å². The van der Waals surface area contributed by atoms with Crippen molar-refractivity contribution >= 4 is 15.9 Å². The summed E-state index contributed by atoms with van der Waals surface area (Å²) in [6.45, 7) is 5.72. The molecule has 0 bridgehead atoms. The fraction of sp³-hybridized carbons (Fsp3) is 0.625. The van der Waals surface area contributed by atoms with Gasteiger partial charge in [-0.15, -0.1) is 0 Å². The Bertz CT molecular complexity index is 425. The van der Waals surface area contributed by atoms with Gasteiger partial charge in [0.25, 0.3) is 0 Å². The molecule has 1 aliphatic carbocycles. The van der Waals surface area contributed by atoms with Crippen molar-refractivity contribution in [2.45, 2.75) is 31.4 Å². The average molecular weight is 339 g/mol. The number of aliphatic hydroxyl groups excluding tert-OH is 1. The molecule has 2 aliphatic rings. The van der Waals surface area contributed by atoms with Crippen LogP contribution in [0.5, 0.6) is 0 Å². The summed E-state index contributed by atoms with van der Waals surface area (Å²) < 4.78 is 1.06. The Balaban J connectivity index is 1.41. The Hall–Kier alpha value is -0.420. The van der Waals surface area contributed by atoms with Crippen LogP contribution in [0.3, 0.4) is 0 Å². The predicted molar refractivity (Wildman–Crippen MR) is 84.8 cm³/mol. The van der Waals surface area contributed by atoms with Gasteiger partial charge >= 0.3 is 0 Å². The lowest BCUT2D eigenvalue weighted by Gasteiger charge is -2.35. The van der Waals surface area contributed by atoms with E-state index in [0.29, 0.717) is 0 Å². The molecule has 1 unspecified atom stereocenters. The molecular weight excluding hydrogens is 316 g/mol. The van der Waals surface area contributed by atoms with Gasteiger partial charge in [0.1, 0.15) is 0 Å². The van der Waals surface area contributed by atoms with E-state index in [1.807, 2.05) is 24.3 Å². The third kappa shape index (κ3) is 3.82. The zero-order chi connectivity index (χ0) is 13.9. The first-order valence-electron chi connectivity index (χ1n) is 7.62. The van der Waals surface area contributed by atoms with Crippen LogP contribution in [0.25, 0.3) is 0 Å². The van der Waals surface area contributed by atoms with Crippen molar-refractivity contribution in [1.82, 2.24) is 9.80 Å². The average Bonchev–Trinajstić information content (AvgIpc) is 3.31. The van der Waals surface area contributed by atoms with Crippen LogP contribution < -0.4 is 0 Å². The molecule has 20 heavy (non-hydrogen) atoms. The summed E-state index contributed by atoms with van der Waals surface area (Å²) in [6.07, 6.45) is 3.29. The molecule has 1 aromatic carbocycles. The molecule has 1 heterocycles. The number of rotatable bonds is 5. The maximum absolute atomic E-state index is 10.2. The molecule has 3 nitrogen and oxygen atoms in total. The zero-order valence-corrected chi connectivity index (χ0v) is 13.4. The van der Waals surface area contributed by atoms with Crippen molar-refractivity contribution < 1.29 is 5.11 Å². The van der Waals surface area contributed by atoms with E-state index in [1.54, 1.807) is 0 Å². The summed E-state index contributed by atoms with van der Waals surface area (Å²) in [5.41, 5.74) is 1.02. The summed E-state index contributed by atoms with van der Waals surface area (Å²) in [7, 11) is 0. The second-order valence-electron chi connectivity index (χ2n) is 5.96. The van der Waals surface area contributed by atoms with Gasteiger partial charge in [-0.25, -0.2) is 0 Å². The van der Waals surface area contributed by atoms with Crippen LogP contribution in [0, 0.1) is 0 Å². The summed E-state index contributed by atoms with van der Waals surface area (Å²) in [5.74, 6) is 0. The van der Waals surface area contributed by atoms with Crippen LogP contribution in [0.1, 0.15) is 30.9 Å². The third-order valence-corrected chi connectivity index (χ3v) is 4.97. The van der Waals surface area contributed by atoms with E-state index in [0.717, 1.165) is 42.1 Å². The monoisotopic (exact) mass is 338 g/mol. The Morgan fingerprint density at radius 3 is 2.35 bits per heavy atom. The minimum Gasteiger partial charge on any atom is -0.388 e. The molecule has 1 saturated carbocycles. The molecule has 0 amide bonds. The highest BCUT2D eigenvalue weighted by atomic mass is 79.9. The van der Waals surface area contributed by atoms with Crippen molar-refractivity contribution in [3.05, 3.63) is 34.3 Å². The first-order valence-corrected chi connectivity index (χ1v) is 8.41. The largest absolute Gasteiger partial charge is 0.388 e. The summed E-state index contributed by atoms with van der Waals surface area (Å²) in [5, 5.41) is 10.2. The fourth-order valence-electron chi connectivity index (χ4n) is 2.95. The number of halogens is 1. The maximum Gasteiger partial charge on any atom is 0.0802 e. The Labute approximate surface area is 129 Å². The first-order chi connectivity index (χ1) is 9.72. The zero-order valence-electron chi connectivity index (χ0n) is 11.8. The van der Waals surface area contributed by atoms with E-state index in [9.17, 15) is 5.11 Å². The van der Waals surface area contributed by atoms with Crippen LogP contribution in [0.2, 0.25) is 0 Å². The first kappa shape index (κ1) is 14.5. The molecule has 110 valence electrons. The number of benzene rings is 1. The molecular formula is C16H23BrN2O. The van der Waals surface area contributed by atoms with Gasteiger partial charge in [0.05, 0.1) is 6.10 Å². The van der Waals surface area contributed by atoms with Gasteiger partial charge in [-0.05, 0) is 37.0 Å². The van der Waals surface area contributed by atoms with Crippen molar-refractivity contribution in [2.24, 2.45) is 0 Å². The van der Waals surface area contributed by atoms with Crippen LogP contribution in [0.15, 0.2) is 28.7 Å². The van der Waals surface area contributed by atoms with Gasteiger partial charge in [0.2, 0.25) is 0 Å². The van der Waals surface area contributed by atoms with Crippen LogP contribution in [-0.4, -0.2) is 53.7 Å². The number of hydrogen-bond donors (Lipinski definition) is 1. The quantitative estimate of drug-likeness (QED) is 0.894. The van der Waals surface area contributed by atoms with Crippen LogP contribution >= 0.6 is 15.9 Å². The minimum atomic E-state index is -0.343. The molecule has 0 spiro atoms. The minimum absolute atomic E-state index is 0.343. The van der Waals surface area contributed by atoms with Gasteiger partial charge in [-0.1, -0.05) is 28.1 Å². The van der Waals surface area contributed by atoms with E-state index in [-0.39, 0.29) is 6.10 Å². The van der Waals surface area contributed by atoms with Gasteiger partial charge in [0, 0.05) is 43.2 Å². The summed E-state index contributed by atoms with van der Waals surface area (Å²) >= 11 is 3.42. The number of aliphatic hydroxyl groups is 1. The highest BCUT2D eigenvalue weighted by molar-refractivity contribution is 9.10. The van der Waals surface area contributed by atoms with Crippen molar-refractivity contribution in [3.8, 4) is 0 Å². The highest BCUT2D eigenvalue weighted by Gasteiger charge is 2.31. The molecule has 4 heteroatoms. The van der Waals surface area contributed by atoms with E-state index in [4.69, 9.17) is 0 Å². The van der Waals surface area contributed by atoms with Gasteiger partial charge in [-0.2, -0.15) is 0 Å². The van der Waals surface area contributed by atoms with Crippen molar-refractivity contribution in [1.29, 1.82) is 0 Å². The van der Waals surface area contributed by atoms with Gasteiger partial charge in [-0.3, -0.25) is 4.90 Å². The van der Waals surface area contributed by atoms with E-state index in [1.165, 1.54) is 25.9 Å². The third-order valence-electron chi connectivity index (χ3n) is 4.44. The lowest BCUT2D eigenvalue weighted by molar-refractivity contribution is 0.0990. The highest BCUT2D eigenvalue weighted by Crippen LogP contribution is 2.27. The number of hydrogen-bond acceptors (Lipinski definition) is 3. The lowest BCUT2D eigenvalue weighted by Crippen LogP contribution is -2.47. The normalized spacial score (nSPS) is 22.9. The van der Waals surface area contributed by atoms with Gasteiger partial charge < -0.3 is 10.0 Å². The van der Waals surface area contributed by atoms with E-state index < -0.39 is 0 Å². The van der Waals surface area contributed by atoms with Gasteiger partial charge in [0.15, 0.2) is 0 Å². The van der Waals surface area contributed by atoms with Crippen molar-refractivity contribution in [3.63, 3.8) is 0 Å². The number of piperazine rings is 1. The molecule has 1 atom stereocenters. The Kier molecular flexibility index (Phi) is 4.76. The summed E-state index contributed by atoms with van der Waals surface area (Å²) in [4.78, 5) is 5.11. The fourth-order valence-corrected chi connectivity index (χ4v) is 3.21. The number of nitrogens with zero attached hydrogens (tertiary/aromatic N) is 2. The molecule has 1 aliphatic heterocycles. The Morgan fingerprint density at radius 2 is 1.75 bits per heavy atom. The van der Waals surface area contributed by atoms with Crippen LogP contribution in [0.4, 0.5) is 0 Å². The second-order valence-corrected chi connectivity index (χ2v) is 6.88. The topological polar surface area (TPSA) is 26.7 Å². The molecule has 1 aromatic rings. The van der Waals surface area contributed by atoms with Crippen LogP contribution in [-0.2, 0) is 0 Å². The SMILES string of the molecule is OC(CCN1CCN(C2CC2)CC1)c1ccc(Br)cc1. The smallest absolute Gasteiger partial charge is 0.0802 e. The molecule has 0 radical (unpaired) electrons. The standard InChI is InChI=1S/C16H23BrN2O/c17-14-3-1-13(2-4-14)16(20)7-8-18-9-11-19(12-10-18)15-5-6-15/h1-4,15-16,20H,5-12H2. The Morgan fingerprint density at radius 1 is 1.10 bits per heavy atom. The van der Waals surface area contributed by atoms with E-state index >= 15 is 0 Å². The summed E-state index contributed by atoms with van der Waals surface area (Å²) in [6, 6.07) is 8.88.